The molecule has 1 aromatic heterocycles. The quantitative estimate of drug-likeness (QED) is 0.712. The molecule has 3 atom stereocenters. The summed E-state index contributed by atoms with van der Waals surface area (Å²) in [6.45, 7) is 5.91. The average Bonchev–Trinajstić information content (AvgIpc) is 2.78. The van der Waals surface area contributed by atoms with Crippen LogP contribution in [0.1, 0.15) is 63.3 Å². The highest BCUT2D eigenvalue weighted by atomic mass is 79.9. The summed E-state index contributed by atoms with van der Waals surface area (Å²) < 4.78 is 1.32. The summed E-state index contributed by atoms with van der Waals surface area (Å²) in [4.78, 5) is 1.54. The summed E-state index contributed by atoms with van der Waals surface area (Å²) in [6, 6.07) is 2.79. The SMILES string of the molecule is CCNC(c1sccc1Br)C12CC3CC(CC(C)(C3)C1)C2. The molecule has 0 spiro atoms. The van der Waals surface area contributed by atoms with Gasteiger partial charge in [-0.05, 0) is 95.1 Å². The van der Waals surface area contributed by atoms with Gasteiger partial charge in [0.05, 0.1) is 0 Å². The van der Waals surface area contributed by atoms with Crippen molar-refractivity contribution in [3.8, 4) is 0 Å². The lowest BCUT2D eigenvalue weighted by Gasteiger charge is -2.63. The standard InChI is InChI=1S/C18H26BrNS/c1-3-20-16(15-14(19)4-5-21-15)18-9-12-6-13(10-18)8-17(2,7-12)11-18/h4-5,12-13,16,20H,3,6-11H2,1-2H3. The molecule has 1 nitrogen and oxygen atoms in total. The van der Waals surface area contributed by atoms with Crippen LogP contribution in [0.3, 0.4) is 0 Å². The smallest absolute Gasteiger partial charge is 0.0483 e. The van der Waals surface area contributed by atoms with Gasteiger partial charge in [-0.2, -0.15) is 0 Å². The van der Waals surface area contributed by atoms with E-state index in [2.05, 4.69) is 46.5 Å². The maximum absolute atomic E-state index is 3.88. The van der Waals surface area contributed by atoms with Crippen molar-refractivity contribution in [3.63, 3.8) is 0 Å². The van der Waals surface area contributed by atoms with Crippen molar-refractivity contribution in [1.29, 1.82) is 0 Å². The van der Waals surface area contributed by atoms with E-state index in [1.54, 1.807) is 4.88 Å². The van der Waals surface area contributed by atoms with Crippen LogP contribution in [-0.2, 0) is 0 Å². The van der Waals surface area contributed by atoms with Gasteiger partial charge in [-0.25, -0.2) is 0 Å². The van der Waals surface area contributed by atoms with E-state index in [-0.39, 0.29) is 0 Å². The number of thiophene rings is 1. The maximum Gasteiger partial charge on any atom is 0.0483 e. The molecule has 116 valence electrons. The Morgan fingerprint density at radius 3 is 2.57 bits per heavy atom. The number of nitrogens with one attached hydrogen (secondary N) is 1. The molecular weight excluding hydrogens is 342 g/mol. The van der Waals surface area contributed by atoms with Crippen LogP contribution in [0.15, 0.2) is 15.9 Å². The predicted molar refractivity (Wildman–Crippen MR) is 93.7 cm³/mol. The van der Waals surface area contributed by atoms with Gasteiger partial charge in [0.25, 0.3) is 0 Å². The fraction of sp³-hybridized carbons (Fsp3) is 0.778. The van der Waals surface area contributed by atoms with Crippen molar-refractivity contribution in [2.45, 2.75) is 58.4 Å². The lowest BCUT2D eigenvalue weighted by atomic mass is 9.43. The second-order valence-corrected chi connectivity index (χ2v) is 10.1. The largest absolute Gasteiger partial charge is 0.309 e. The van der Waals surface area contributed by atoms with E-state index in [1.165, 1.54) is 43.0 Å². The van der Waals surface area contributed by atoms with Gasteiger partial charge < -0.3 is 5.32 Å². The van der Waals surface area contributed by atoms with Gasteiger partial charge >= 0.3 is 0 Å². The second kappa shape index (κ2) is 5.07. The van der Waals surface area contributed by atoms with Crippen molar-refractivity contribution < 1.29 is 0 Å². The van der Waals surface area contributed by atoms with Crippen molar-refractivity contribution in [2.75, 3.05) is 6.54 Å². The van der Waals surface area contributed by atoms with Crippen LogP contribution in [0, 0.1) is 22.7 Å². The molecule has 4 aliphatic rings. The van der Waals surface area contributed by atoms with E-state index in [1.807, 2.05) is 11.3 Å². The molecule has 0 aliphatic heterocycles. The number of hydrogen-bond acceptors (Lipinski definition) is 2. The van der Waals surface area contributed by atoms with Gasteiger partial charge in [0, 0.05) is 15.4 Å². The first kappa shape index (κ1) is 14.7. The first-order valence-electron chi connectivity index (χ1n) is 8.50. The summed E-state index contributed by atoms with van der Waals surface area (Å²) in [6.07, 6.45) is 8.87. The lowest BCUT2D eigenvalue weighted by molar-refractivity contribution is -0.118. The molecule has 4 fully saturated rings. The fourth-order valence-electron chi connectivity index (χ4n) is 6.44. The van der Waals surface area contributed by atoms with Crippen LogP contribution in [0.4, 0.5) is 0 Å². The molecule has 1 N–H and O–H groups in total. The molecule has 4 saturated carbocycles. The third kappa shape index (κ3) is 2.35. The topological polar surface area (TPSA) is 12.0 Å². The van der Waals surface area contributed by atoms with Crippen molar-refractivity contribution in [2.24, 2.45) is 22.7 Å². The van der Waals surface area contributed by atoms with E-state index in [0.29, 0.717) is 16.9 Å². The van der Waals surface area contributed by atoms with Gasteiger partial charge in [0.2, 0.25) is 0 Å². The van der Waals surface area contributed by atoms with Crippen LogP contribution in [-0.4, -0.2) is 6.54 Å². The van der Waals surface area contributed by atoms with Gasteiger partial charge in [0.15, 0.2) is 0 Å². The Morgan fingerprint density at radius 1 is 1.33 bits per heavy atom. The van der Waals surface area contributed by atoms with E-state index in [4.69, 9.17) is 0 Å². The van der Waals surface area contributed by atoms with E-state index in [9.17, 15) is 0 Å². The van der Waals surface area contributed by atoms with Crippen molar-refractivity contribution in [3.05, 3.63) is 20.8 Å². The number of hydrogen-bond donors (Lipinski definition) is 1. The summed E-state index contributed by atoms with van der Waals surface area (Å²) in [5.74, 6) is 1.99. The molecule has 4 aliphatic carbocycles. The summed E-state index contributed by atoms with van der Waals surface area (Å²) in [5.41, 5.74) is 1.14. The summed E-state index contributed by atoms with van der Waals surface area (Å²) >= 11 is 5.74. The molecule has 1 aromatic rings. The highest BCUT2D eigenvalue weighted by Crippen LogP contribution is 2.68. The molecule has 0 aromatic carbocycles. The zero-order valence-corrected chi connectivity index (χ0v) is 15.5. The first-order chi connectivity index (χ1) is 10.0. The van der Waals surface area contributed by atoms with Gasteiger partial charge in [-0.3, -0.25) is 0 Å². The Hall–Kier alpha value is 0.140. The molecule has 3 heteroatoms. The molecule has 0 radical (unpaired) electrons. The van der Waals surface area contributed by atoms with Crippen LogP contribution < -0.4 is 5.32 Å². The van der Waals surface area contributed by atoms with Crippen LogP contribution >= 0.6 is 27.3 Å². The number of halogens is 1. The fourth-order valence-corrected chi connectivity index (χ4v) is 8.26. The lowest BCUT2D eigenvalue weighted by Crippen LogP contribution is -2.55. The molecule has 0 amide bonds. The summed E-state index contributed by atoms with van der Waals surface area (Å²) in [7, 11) is 0. The molecule has 3 unspecified atom stereocenters. The molecular formula is C18H26BrNS. The minimum Gasteiger partial charge on any atom is -0.309 e. The van der Waals surface area contributed by atoms with E-state index in [0.717, 1.165) is 18.4 Å². The molecule has 4 bridgehead atoms. The Kier molecular flexibility index (Phi) is 3.55. The second-order valence-electron chi connectivity index (χ2n) is 8.26. The minimum absolute atomic E-state index is 0.516. The van der Waals surface area contributed by atoms with Gasteiger partial charge in [-0.15, -0.1) is 11.3 Å². The van der Waals surface area contributed by atoms with Crippen LogP contribution in [0.2, 0.25) is 0 Å². The molecule has 5 rings (SSSR count). The van der Waals surface area contributed by atoms with Crippen LogP contribution in [0.5, 0.6) is 0 Å². The van der Waals surface area contributed by atoms with Crippen LogP contribution in [0.25, 0.3) is 0 Å². The molecule has 1 heterocycles. The van der Waals surface area contributed by atoms with Gasteiger partial charge in [-0.1, -0.05) is 13.8 Å². The molecule has 21 heavy (non-hydrogen) atoms. The zero-order chi connectivity index (χ0) is 14.7. The Morgan fingerprint density at radius 2 is 2.05 bits per heavy atom. The number of rotatable bonds is 4. The highest BCUT2D eigenvalue weighted by Gasteiger charge is 2.58. The highest BCUT2D eigenvalue weighted by molar-refractivity contribution is 9.10. The Balaban J connectivity index is 1.74. The minimum atomic E-state index is 0.516. The van der Waals surface area contributed by atoms with Crippen molar-refractivity contribution >= 4 is 27.3 Å². The Labute approximate surface area is 141 Å². The first-order valence-corrected chi connectivity index (χ1v) is 10.2. The van der Waals surface area contributed by atoms with Gasteiger partial charge in [0.1, 0.15) is 0 Å². The summed E-state index contributed by atoms with van der Waals surface area (Å²) in [5, 5.41) is 6.12. The normalized spacial score (nSPS) is 42.4. The maximum atomic E-state index is 3.88. The third-order valence-electron chi connectivity index (χ3n) is 6.33. The molecule has 0 saturated heterocycles. The third-order valence-corrected chi connectivity index (χ3v) is 8.26. The monoisotopic (exact) mass is 367 g/mol. The van der Waals surface area contributed by atoms with E-state index < -0.39 is 0 Å². The average molecular weight is 368 g/mol. The predicted octanol–water partition coefficient (Wildman–Crippen LogP) is 5.77. The van der Waals surface area contributed by atoms with Crippen molar-refractivity contribution in [1.82, 2.24) is 5.32 Å². The zero-order valence-electron chi connectivity index (χ0n) is 13.1. The Bertz CT molecular complexity index is 523. The van der Waals surface area contributed by atoms with E-state index >= 15 is 0 Å².